The smallest absolute Gasteiger partial charge is 0.240 e. The monoisotopic (exact) mass is 460 g/mol. The molecule has 0 aliphatic carbocycles. The molecule has 0 spiro atoms. The maximum absolute atomic E-state index is 12.1. The summed E-state index contributed by atoms with van der Waals surface area (Å²) in [5.74, 6) is 2.27. The number of furan rings is 1. The Morgan fingerprint density at radius 1 is 1.27 bits per heavy atom. The van der Waals surface area contributed by atoms with Gasteiger partial charge in [0.15, 0.2) is 0 Å². The van der Waals surface area contributed by atoms with Gasteiger partial charge in [-0.25, -0.2) is 8.42 Å². The van der Waals surface area contributed by atoms with Crippen LogP contribution >= 0.6 is 27.7 Å². The minimum Gasteiger partial charge on any atom is -0.468 e. The summed E-state index contributed by atoms with van der Waals surface area (Å²) in [5.41, 5.74) is 0.444. The van der Waals surface area contributed by atoms with Crippen LogP contribution in [0.1, 0.15) is 12.2 Å². The number of hydrogen-bond acceptors (Lipinski definition) is 5. The highest BCUT2D eigenvalue weighted by Gasteiger charge is 2.22. The van der Waals surface area contributed by atoms with Crippen molar-refractivity contribution in [2.24, 2.45) is 0 Å². The largest absolute Gasteiger partial charge is 0.468 e. The molecule has 1 N–H and O–H groups in total. The van der Waals surface area contributed by atoms with Gasteiger partial charge < -0.3 is 9.73 Å². The first kappa shape index (κ1) is 20.9. The molecule has 0 bridgehead atoms. The lowest BCUT2D eigenvalue weighted by molar-refractivity contribution is -0.119. The summed E-state index contributed by atoms with van der Waals surface area (Å²) in [6.45, 7) is 0.249. The first-order chi connectivity index (χ1) is 12.4. The van der Waals surface area contributed by atoms with Crippen molar-refractivity contribution in [2.45, 2.75) is 12.2 Å². The lowest BCUT2D eigenvalue weighted by atomic mass is 10.3. The van der Waals surface area contributed by atoms with Gasteiger partial charge in [-0.3, -0.25) is 9.10 Å². The van der Waals surface area contributed by atoms with E-state index >= 15 is 0 Å². The van der Waals surface area contributed by atoms with Gasteiger partial charge in [0.25, 0.3) is 0 Å². The van der Waals surface area contributed by atoms with Crippen molar-refractivity contribution >= 4 is 49.3 Å². The molecule has 0 atom stereocenters. The van der Waals surface area contributed by atoms with E-state index in [2.05, 4.69) is 21.2 Å². The fourth-order valence-corrected chi connectivity index (χ4v) is 4.53. The van der Waals surface area contributed by atoms with E-state index in [1.54, 1.807) is 42.3 Å². The Kier molecular flexibility index (Phi) is 8.05. The van der Waals surface area contributed by atoms with Crippen LogP contribution in [0.5, 0.6) is 0 Å². The van der Waals surface area contributed by atoms with Crippen LogP contribution in [0.2, 0.25) is 0 Å². The van der Waals surface area contributed by atoms with Crippen molar-refractivity contribution in [3.63, 3.8) is 0 Å². The summed E-state index contributed by atoms with van der Waals surface area (Å²) in [4.78, 5) is 12.1. The summed E-state index contributed by atoms with van der Waals surface area (Å²) >= 11 is 5.05. The Morgan fingerprint density at radius 2 is 2.04 bits per heavy atom. The molecular formula is C17H21BrN2O4S2. The quantitative estimate of drug-likeness (QED) is 0.550. The molecule has 6 nitrogen and oxygen atoms in total. The van der Waals surface area contributed by atoms with Crippen molar-refractivity contribution in [3.05, 3.63) is 52.9 Å². The average Bonchev–Trinajstić information content (AvgIpc) is 3.09. The summed E-state index contributed by atoms with van der Waals surface area (Å²) in [5, 5.41) is 2.77. The lowest BCUT2D eigenvalue weighted by Crippen LogP contribution is -2.40. The number of nitrogens with zero attached hydrogens (tertiary/aromatic N) is 1. The molecule has 1 heterocycles. The minimum absolute atomic E-state index is 0.249. The Labute approximate surface area is 166 Å². The molecule has 0 aliphatic heterocycles. The number of sulfonamides is 1. The zero-order valence-corrected chi connectivity index (χ0v) is 17.6. The van der Waals surface area contributed by atoms with Crippen LogP contribution in [0.4, 0.5) is 5.69 Å². The van der Waals surface area contributed by atoms with Gasteiger partial charge in [-0.1, -0.05) is 12.1 Å². The van der Waals surface area contributed by atoms with Crippen LogP contribution in [0.25, 0.3) is 0 Å². The van der Waals surface area contributed by atoms with Crippen LogP contribution in [-0.4, -0.2) is 39.4 Å². The van der Waals surface area contributed by atoms with Gasteiger partial charge in [0.2, 0.25) is 15.9 Å². The second kappa shape index (κ2) is 10.0. The Hall–Kier alpha value is -1.45. The summed E-state index contributed by atoms with van der Waals surface area (Å²) < 4.78 is 31.1. The minimum atomic E-state index is -3.57. The van der Waals surface area contributed by atoms with Crippen LogP contribution < -0.4 is 9.62 Å². The number of hydrogen-bond donors (Lipinski definition) is 1. The van der Waals surface area contributed by atoms with E-state index in [0.29, 0.717) is 16.7 Å². The highest BCUT2D eigenvalue weighted by molar-refractivity contribution is 9.10. The fraction of sp³-hybridized carbons (Fsp3) is 0.353. The van der Waals surface area contributed by atoms with Crippen LogP contribution in [0.3, 0.4) is 0 Å². The Morgan fingerprint density at radius 3 is 2.69 bits per heavy atom. The normalized spacial score (nSPS) is 11.3. The molecule has 2 aromatic rings. The number of para-hydroxylation sites is 1. The number of amides is 1. The lowest BCUT2D eigenvalue weighted by Gasteiger charge is -2.23. The predicted molar refractivity (Wildman–Crippen MR) is 109 cm³/mol. The topological polar surface area (TPSA) is 79.6 Å². The van der Waals surface area contributed by atoms with Gasteiger partial charge in [-0.15, -0.1) is 0 Å². The molecule has 2 rings (SSSR count). The van der Waals surface area contributed by atoms with Gasteiger partial charge in [0.1, 0.15) is 12.3 Å². The molecule has 0 fully saturated rings. The molecule has 142 valence electrons. The summed E-state index contributed by atoms with van der Waals surface area (Å²) in [6, 6.07) is 10.7. The highest BCUT2D eigenvalue weighted by Crippen LogP contribution is 2.27. The van der Waals surface area contributed by atoms with Crippen LogP contribution in [0, 0.1) is 0 Å². The van der Waals surface area contributed by atoms with E-state index in [4.69, 9.17) is 4.42 Å². The highest BCUT2D eigenvalue weighted by atomic mass is 79.9. The van der Waals surface area contributed by atoms with Crippen LogP contribution in [0.15, 0.2) is 51.6 Å². The van der Waals surface area contributed by atoms with Gasteiger partial charge in [0.05, 0.1) is 24.0 Å². The molecule has 1 aromatic heterocycles. The SMILES string of the molecule is CS(=O)(=O)N(CC(=O)NCCCSCc1ccco1)c1ccccc1Br. The number of nitrogens with one attached hydrogen (secondary N) is 1. The van der Waals surface area contributed by atoms with Crippen molar-refractivity contribution in [2.75, 3.05) is 29.4 Å². The third-order valence-electron chi connectivity index (χ3n) is 3.42. The van der Waals surface area contributed by atoms with E-state index in [1.807, 2.05) is 12.1 Å². The number of carbonyl (C=O) groups excluding carboxylic acids is 1. The standard InChI is InChI=1S/C17H21BrN2O4S2/c1-26(22,23)20(16-8-3-2-7-15(16)18)12-17(21)19-9-5-11-25-13-14-6-4-10-24-14/h2-4,6-8,10H,5,9,11-13H2,1H3,(H,19,21). The zero-order chi connectivity index (χ0) is 19.0. The zero-order valence-electron chi connectivity index (χ0n) is 14.4. The van der Waals surface area contributed by atoms with E-state index < -0.39 is 10.0 Å². The number of rotatable bonds is 10. The number of anilines is 1. The molecule has 9 heteroatoms. The van der Waals surface area contributed by atoms with E-state index in [9.17, 15) is 13.2 Å². The molecule has 0 saturated carbocycles. The van der Waals surface area contributed by atoms with Crippen molar-refractivity contribution in [1.29, 1.82) is 0 Å². The maximum Gasteiger partial charge on any atom is 0.240 e. The number of carbonyl (C=O) groups is 1. The molecule has 0 unspecified atom stereocenters. The molecule has 0 saturated heterocycles. The van der Waals surface area contributed by atoms with E-state index in [1.165, 1.54) is 0 Å². The van der Waals surface area contributed by atoms with Gasteiger partial charge >= 0.3 is 0 Å². The number of thioether (sulfide) groups is 1. The third-order valence-corrected chi connectivity index (χ3v) is 6.28. The average molecular weight is 461 g/mol. The molecular weight excluding hydrogens is 440 g/mol. The molecule has 1 aromatic carbocycles. The van der Waals surface area contributed by atoms with Crippen molar-refractivity contribution in [3.8, 4) is 0 Å². The van der Waals surface area contributed by atoms with E-state index in [0.717, 1.165) is 34.2 Å². The Balaban J connectivity index is 1.78. The van der Waals surface area contributed by atoms with Gasteiger partial charge in [-0.05, 0) is 52.4 Å². The van der Waals surface area contributed by atoms with Gasteiger partial charge in [0, 0.05) is 11.0 Å². The Bertz CT molecular complexity index is 810. The van der Waals surface area contributed by atoms with Gasteiger partial charge in [-0.2, -0.15) is 11.8 Å². The van der Waals surface area contributed by atoms with E-state index in [-0.39, 0.29) is 12.5 Å². The molecule has 1 amide bonds. The maximum atomic E-state index is 12.1. The second-order valence-electron chi connectivity index (χ2n) is 5.56. The number of halogens is 1. The second-order valence-corrected chi connectivity index (χ2v) is 9.42. The van der Waals surface area contributed by atoms with Crippen LogP contribution in [-0.2, 0) is 20.6 Å². The molecule has 26 heavy (non-hydrogen) atoms. The first-order valence-corrected chi connectivity index (χ1v) is 11.8. The number of benzene rings is 1. The van der Waals surface area contributed by atoms with Crippen molar-refractivity contribution in [1.82, 2.24) is 5.32 Å². The third kappa shape index (κ3) is 6.69. The molecule has 0 aliphatic rings. The predicted octanol–water partition coefficient (Wildman–Crippen LogP) is 3.25. The van der Waals surface area contributed by atoms with Crippen molar-refractivity contribution < 1.29 is 17.6 Å². The summed E-state index contributed by atoms with van der Waals surface area (Å²) in [6.07, 6.45) is 3.53. The fourth-order valence-electron chi connectivity index (χ4n) is 2.19. The molecule has 0 radical (unpaired) electrons. The summed E-state index contributed by atoms with van der Waals surface area (Å²) in [7, 11) is -3.57. The first-order valence-electron chi connectivity index (χ1n) is 7.97.